The SMILES string of the molecule is Cn1cnc(OC(=O)N(Cc2cccc(OC(F)(F)F)c2)CC2C3CN(Cc4ccc5ccccc5c4)CC32)c1. The third kappa shape index (κ3) is 6.07. The lowest BCUT2D eigenvalue weighted by atomic mass is 10.1. The smallest absolute Gasteiger partial charge is 0.406 e. The summed E-state index contributed by atoms with van der Waals surface area (Å²) in [4.78, 5) is 21.2. The van der Waals surface area contributed by atoms with Gasteiger partial charge in [0.15, 0.2) is 0 Å². The second kappa shape index (κ2) is 10.5. The summed E-state index contributed by atoms with van der Waals surface area (Å²) in [6.45, 7) is 3.31. The zero-order valence-corrected chi connectivity index (χ0v) is 21.9. The summed E-state index contributed by atoms with van der Waals surface area (Å²) < 4.78 is 49.5. The monoisotopic (exact) mass is 550 g/mol. The topological polar surface area (TPSA) is 59.8 Å². The largest absolute Gasteiger partial charge is 0.573 e. The Kier molecular flexibility index (Phi) is 6.87. The van der Waals surface area contributed by atoms with Gasteiger partial charge in [0.25, 0.3) is 0 Å². The molecule has 2 unspecified atom stereocenters. The van der Waals surface area contributed by atoms with Crippen molar-refractivity contribution in [3.63, 3.8) is 0 Å². The van der Waals surface area contributed by atoms with Crippen LogP contribution in [0.15, 0.2) is 79.3 Å². The van der Waals surface area contributed by atoms with Gasteiger partial charge in [-0.25, -0.2) is 9.78 Å². The van der Waals surface area contributed by atoms with Crippen LogP contribution < -0.4 is 9.47 Å². The van der Waals surface area contributed by atoms with E-state index in [2.05, 4.69) is 45.0 Å². The average Bonchev–Trinajstić information content (AvgIpc) is 3.18. The van der Waals surface area contributed by atoms with Gasteiger partial charge in [-0.2, -0.15) is 0 Å². The Hall–Kier alpha value is -4.05. The highest BCUT2D eigenvalue weighted by Gasteiger charge is 2.56. The molecule has 2 fully saturated rings. The molecule has 1 amide bonds. The molecule has 1 saturated heterocycles. The number of ether oxygens (including phenoxy) is 2. The first-order valence-corrected chi connectivity index (χ1v) is 13.2. The van der Waals surface area contributed by atoms with Crippen molar-refractivity contribution in [2.45, 2.75) is 19.5 Å². The highest BCUT2D eigenvalue weighted by molar-refractivity contribution is 5.83. The summed E-state index contributed by atoms with van der Waals surface area (Å²) >= 11 is 0. The van der Waals surface area contributed by atoms with Crippen LogP contribution >= 0.6 is 0 Å². The quantitative estimate of drug-likeness (QED) is 0.276. The van der Waals surface area contributed by atoms with Gasteiger partial charge in [0.05, 0.1) is 12.5 Å². The third-order valence-corrected chi connectivity index (χ3v) is 7.73. The average molecular weight is 551 g/mol. The van der Waals surface area contributed by atoms with Crippen molar-refractivity contribution < 1.29 is 27.4 Å². The number of nitrogens with zero attached hydrogens (tertiary/aromatic N) is 4. The predicted octanol–water partition coefficient (Wildman–Crippen LogP) is 5.85. The zero-order chi connectivity index (χ0) is 27.9. The fraction of sp³-hybridized carbons (Fsp3) is 0.333. The first-order valence-electron chi connectivity index (χ1n) is 13.2. The minimum absolute atomic E-state index is 0.0947. The molecule has 2 heterocycles. The van der Waals surface area contributed by atoms with Gasteiger partial charge < -0.3 is 18.9 Å². The molecule has 3 aromatic carbocycles. The molecule has 1 aromatic heterocycles. The minimum Gasteiger partial charge on any atom is -0.406 e. The fourth-order valence-electron chi connectivity index (χ4n) is 5.85. The fourth-order valence-corrected chi connectivity index (χ4v) is 5.85. The van der Waals surface area contributed by atoms with E-state index in [4.69, 9.17) is 4.74 Å². The summed E-state index contributed by atoms with van der Waals surface area (Å²) in [5, 5.41) is 2.46. The number of carbonyl (C=O) groups excluding carboxylic acids is 1. The zero-order valence-electron chi connectivity index (χ0n) is 21.9. The van der Waals surface area contributed by atoms with Crippen molar-refractivity contribution in [3.05, 3.63) is 90.4 Å². The first-order chi connectivity index (χ1) is 19.2. The van der Waals surface area contributed by atoms with Gasteiger partial charge >= 0.3 is 12.5 Å². The van der Waals surface area contributed by atoms with Crippen LogP contribution in [0.1, 0.15) is 11.1 Å². The lowest BCUT2D eigenvalue weighted by molar-refractivity contribution is -0.274. The van der Waals surface area contributed by atoms with Gasteiger partial charge in [-0.3, -0.25) is 4.90 Å². The van der Waals surface area contributed by atoms with E-state index in [0.29, 0.717) is 29.9 Å². The number of alkyl halides is 3. The maximum atomic E-state index is 13.2. The number of piperidine rings is 1. The summed E-state index contributed by atoms with van der Waals surface area (Å²) in [5.41, 5.74) is 1.79. The molecule has 2 aliphatic rings. The van der Waals surface area contributed by atoms with Gasteiger partial charge in [-0.15, -0.1) is 13.2 Å². The summed E-state index contributed by atoms with van der Waals surface area (Å²) in [6, 6.07) is 20.6. The van der Waals surface area contributed by atoms with Crippen LogP contribution in [0.3, 0.4) is 0 Å². The number of benzene rings is 3. The van der Waals surface area contributed by atoms with Gasteiger partial charge in [0.1, 0.15) is 5.75 Å². The molecule has 0 bridgehead atoms. The van der Waals surface area contributed by atoms with Gasteiger partial charge in [0.2, 0.25) is 5.88 Å². The van der Waals surface area contributed by atoms with E-state index in [1.807, 2.05) is 12.1 Å². The molecule has 4 aromatic rings. The van der Waals surface area contributed by atoms with Gasteiger partial charge in [0, 0.05) is 39.8 Å². The molecule has 2 atom stereocenters. The van der Waals surface area contributed by atoms with Crippen LogP contribution in [0.5, 0.6) is 11.6 Å². The number of halogens is 3. The molecule has 208 valence electrons. The number of amides is 1. The second-order valence-electron chi connectivity index (χ2n) is 10.7. The Morgan fingerprint density at radius 2 is 1.77 bits per heavy atom. The van der Waals surface area contributed by atoms with Crippen molar-refractivity contribution in [3.8, 4) is 11.6 Å². The van der Waals surface area contributed by atoms with E-state index >= 15 is 0 Å². The van der Waals surface area contributed by atoms with Crippen molar-refractivity contribution in [1.82, 2.24) is 19.4 Å². The molecule has 1 saturated carbocycles. The number of rotatable bonds is 8. The van der Waals surface area contributed by atoms with Crippen LogP contribution in [0.25, 0.3) is 10.8 Å². The van der Waals surface area contributed by atoms with Crippen molar-refractivity contribution in [2.24, 2.45) is 24.8 Å². The molecule has 6 rings (SSSR count). The number of hydrogen-bond acceptors (Lipinski definition) is 5. The molecule has 10 heteroatoms. The van der Waals surface area contributed by atoms with Crippen LogP contribution in [0, 0.1) is 17.8 Å². The number of hydrogen-bond donors (Lipinski definition) is 0. The van der Waals surface area contributed by atoms with Crippen molar-refractivity contribution >= 4 is 16.9 Å². The molecular weight excluding hydrogens is 521 g/mol. The molecule has 7 nitrogen and oxygen atoms in total. The highest BCUT2D eigenvalue weighted by Crippen LogP contribution is 2.52. The van der Waals surface area contributed by atoms with E-state index in [1.54, 1.807) is 28.8 Å². The number of carbonyl (C=O) groups is 1. The van der Waals surface area contributed by atoms with Crippen molar-refractivity contribution in [1.29, 1.82) is 0 Å². The van der Waals surface area contributed by atoms with Gasteiger partial charge in [-0.05, 0) is 57.9 Å². The normalized spacial score (nSPS) is 20.4. The Morgan fingerprint density at radius 3 is 2.50 bits per heavy atom. The minimum atomic E-state index is -4.79. The highest BCUT2D eigenvalue weighted by atomic mass is 19.4. The van der Waals surface area contributed by atoms with Crippen LogP contribution in [-0.2, 0) is 20.1 Å². The number of aromatic nitrogens is 2. The summed E-state index contributed by atoms with van der Waals surface area (Å²) in [7, 11) is 1.77. The Labute approximate surface area is 229 Å². The summed E-state index contributed by atoms with van der Waals surface area (Å²) in [5.74, 6) is 1.08. The molecule has 0 spiro atoms. The van der Waals surface area contributed by atoms with E-state index in [1.165, 1.54) is 40.9 Å². The number of imidazole rings is 1. The first kappa shape index (κ1) is 26.2. The predicted molar refractivity (Wildman–Crippen MR) is 142 cm³/mol. The Bertz CT molecular complexity index is 1510. The number of aryl methyl sites for hydroxylation is 1. The Morgan fingerprint density at radius 1 is 1.00 bits per heavy atom. The molecule has 0 radical (unpaired) electrons. The lowest BCUT2D eigenvalue weighted by Gasteiger charge is -2.25. The van der Waals surface area contributed by atoms with Crippen molar-refractivity contribution in [2.75, 3.05) is 19.6 Å². The van der Waals surface area contributed by atoms with Gasteiger partial charge in [-0.1, -0.05) is 48.5 Å². The lowest BCUT2D eigenvalue weighted by Crippen LogP contribution is -2.36. The maximum Gasteiger partial charge on any atom is 0.573 e. The Balaban J connectivity index is 1.11. The van der Waals surface area contributed by atoms with Crippen LogP contribution in [-0.4, -0.2) is 51.4 Å². The number of likely N-dealkylation sites (tertiary alicyclic amines) is 1. The number of fused-ring (bicyclic) bond motifs is 2. The van der Waals surface area contributed by atoms with E-state index in [9.17, 15) is 18.0 Å². The van der Waals surface area contributed by atoms with Crippen LogP contribution in [0.2, 0.25) is 0 Å². The molecular formula is C30H29F3N4O3. The maximum absolute atomic E-state index is 13.2. The van der Waals surface area contributed by atoms with E-state index in [0.717, 1.165) is 19.6 Å². The van der Waals surface area contributed by atoms with E-state index < -0.39 is 12.5 Å². The molecule has 1 aliphatic carbocycles. The molecule has 40 heavy (non-hydrogen) atoms. The van der Waals surface area contributed by atoms with Crippen LogP contribution in [0.4, 0.5) is 18.0 Å². The summed E-state index contributed by atoms with van der Waals surface area (Å²) in [6.07, 6.45) is -2.26. The second-order valence-corrected chi connectivity index (χ2v) is 10.7. The molecule has 0 N–H and O–H groups in total. The third-order valence-electron chi connectivity index (χ3n) is 7.73. The standard InChI is InChI=1S/C30H29F3N4O3/c1-35-18-28(34-19-35)39-29(38)37(14-20-5-4-8-24(12-20)40-30(31,32)33)17-27-25-15-36(16-26(25)27)13-21-9-10-22-6-2-3-7-23(22)11-21/h2-12,18-19,25-27H,13-17H2,1H3. The van der Waals surface area contributed by atoms with E-state index in [-0.39, 0.29) is 18.2 Å². The molecule has 1 aliphatic heterocycles.